The van der Waals surface area contributed by atoms with Crippen LogP contribution in [0.4, 0.5) is 10.1 Å². The summed E-state index contributed by atoms with van der Waals surface area (Å²) in [7, 11) is 0. The molecule has 6 rings (SSSR count). The van der Waals surface area contributed by atoms with Crippen LogP contribution in [0, 0.1) is 18.7 Å². The first-order chi connectivity index (χ1) is 18.3. The number of hydrogen-bond acceptors (Lipinski definition) is 5. The molecule has 1 fully saturated rings. The number of aryl methyl sites for hydroxylation is 1. The molecule has 3 N–H and O–H groups in total. The molecule has 7 heteroatoms. The summed E-state index contributed by atoms with van der Waals surface area (Å²) in [5, 5.41) is 6.78. The number of rotatable bonds is 8. The molecule has 0 radical (unpaired) electrons. The van der Waals surface area contributed by atoms with E-state index in [1.54, 1.807) is 23.6 Å². The molecule has 1 atom stereocenters. The number of hydrogen-bond donors (Lipinski definition) is 3. The fourth-order valence-corrected chi connectivity index (χ4v) is 6.02. The molecule has 1 saturated carbocycles. The monoisotopic (exact) mass is 523 g/mol. The predicted octanol–water partition coefficient (Wildman–Crippen LogP) is 7.81. The fourth-order valence-electron chi connectivity index (χ4n) is 5.12. The number of anilines is 1. The number of imidazole rings is 1. The maximum atomic E-state index is 16.3. The van der Waals surface area contributed by atoms with Crippen molar-refractivity contribution < 1.29 is 4.39 Å². The van der Waals surface area contributed by atoms with Gasteiger partial charge in [-0.2, -0.15) is 0 Å². The molecule has 3 aromatic heterocycles. The van der Waals surface area contributed by atoms with Gasteiger partial charge in [0.2, 0.25) is 0 Å². The molecule has 1 aromatic carbocycles. The number of halogens is 1. The zero-order valence-corrected chi connectivity index (χ0v) is 22.6. The van der Waals surface area contributed by atoms with Crippen molar-refractivity contribution in [2.75, 3.05) is 5.32 Å². The third kappa shape index (κ3) is 3.98. The van der Waals surface area contributed by atoms with Crippen LogP contribution in [0.25, 0.3) is 27.2 Å². The molecule has 1 aliphatic carbocycles. The zero-order chi connectivity index (χ0) is 26.6. The Morgan fingerprint density at radius 2 is 2.05 bits per heavy atom. The van der Waals surface area contributed by atoms with Crippen molar-refractivity contribution in [3.63, 3.8) is 0 Å². The van der Waals surface area contributed by atoms with Crippen molar-refractivity contribution in [3.05, 3.63) is 107 Å². The molecular weight excluding hydrogens is 493 g/mol. The van der Waals surface area contributed by atoms with E-state index in [4.69, 9.17) is 4.98 Å². The number of fused-ring (bicyclic) bond motifs is 2. The van der Waals surface area contributed by atoms with Crippen molar-refractivity contribution in [1.82, 2.24) is 20.3 Å². The minimum Gasteiger partial charge on any atom is -0.369 e. The van der Waals surface area contributed by atoms with Crippen LogP contribution in [0.15, 0.2) is 79.3 Å². The summed E-state index contributed by atoms with van der Waals surface area (Å²) in [6.07, 6.45) is 9.67. The normalized spacial score (nSPS) is 19.1. The van der Waals surface area contributed by atoms with Gasteiger partial charge < -0.3 is 15.6 Å². The van der Waals surface area contributed by atoms with Crippen LogP contribution in [0.5, 0.6) is 0 Å². The van der Waals surface area contributed by atoms with E-state index in [2.05, 4.69) is 52.8 Å². The van der Waals surface area contributed by atoms with Crippen LogP contribution in [-0.2, 0) is 5.54 Å². The van der Waals surface area contributed by atoms with Gasteiger partial charge in [-0.15, -0.1) is 11.3 Å². The van der Waals surface area contributed by atoms with E-state index in [-0.39, 0.29) is 5.82 Å². The van der Waals surface area contributed by atoms with Gasteiger partial charge >= 0.3 is 0 Å². The van der Waals surface area contributed by atoms with Crippen molar-refractivity contribution in [3.8, 4) is 10.4 Å². The number of aromatic nitrogens is 3. The van der Waals surface area contributed by atoms with Gasteiger partial charge in [0, 0.05) is 49.7 Å². The van der Waals surface area contributed by atoms with Crippen molar-refractivity contribution in [2.45, 2.75) is 39.2 Å². The van der Waals surface area contributed by atoms with Crippen LogP contribution >= 0.6 is 11.3 Å². The highest BCUT2D eigenvalue weighted by atomic mass is 32.1. The number of H-pyrrole nitrogens is 1. The Bertz CT molecular complexity index is 1670. The van der Waals surface area contributed by atoms with Gasteiger partial charge in [0.1, 0.15) is 17.2 Å². The van der Waals surface area contributed by atoms with Gasteiger partial charge in [-0.1, -0.05) is 19.2 Å². The zero-order valence-electron chi connectivity index (χ0n) is 21.8. The highest BCUT2D eigenvalue weighted by Crippen LogP contribution is 2.48. The lowest BCUT2D eigenvalue weighted by atomic mass is 9.79. The highest BCUT2D eigenvalue weighted by molar-refractivity contribution is 7.15. The van der Waals surface area contributed by atoms with E-state index in [9.17, 15) is 0 Å². The minimum atomic E-state index is -0.818. The molecule has 0 spiro atoms. The Hall–Kier alpha value is -3.97. The second kappa shape index (κ2) is 9.10. The topological polar surface area (TPSA) is 65.6 Å². The second-order valence-electron chi connectivity index (χ2n) is 10.1. The minimum absolute atomic E-state index is 0.264. The molecule has 38 heavy (non-hydrogen) atoms. The third-order valence-electron chi connectivity index (χ3n) is 7.43. The Morgan fingerprint density at radius 1 is 1.24 bits per heavy atom. The molecular formula is C31H30FN5S. The maximum absolute atomic E-state index is 16.3. The van der Waals surface area contributed by atoms with Crippen molar-refractivity contribution in [2.24, 2.45) is 5.92 Å². The Labute approximate surface area is 225 Å². The molecule has 1 unspecified atom stereocenters. The molecule has 0 saturated heterocycles. The van der Waals surface area contributed by atoms with Gasteiger partial charge in [0.05, 0.1) is 5.52 Å². The standard InChI is InChI=1S/C31H30FN5S/c1-6-19(16-21(7-2)34-18(4)20-9-10-20)22-11-12-24-26(27(22)32)31(5,37-24)30-35-28-23(14-15-33-29(28)36-30)25-13-8-17(3)38-25/h6-8,11-16,20,34,37H,2,4,9-10H2,1,3,5H3,(H,33,35,36)/b19-6+,21-16+. The van der Waals surface area contributed by atoms with E-state index in [0.29, 0.717) is 28.5 Å². The number of pyridine rings is 1. The molecule has 4 aromatic rings. The van der Waals surface area contributed by atoms with E-state index in [1.165, 1.54) is 4.88 Å². The van der Waals surface area contributed by atoms with E-state index >= 15 is 4.39 Å². The maximum Gasteiger partial charge on any atom is 0.178 e. The van der Waals surface area contributed by atoms with Crippen LogP contribution in [0.3, 0.4) is 0 Å². The van der Waals surface area contributed by atoms with Gasteiger partial charge in [0.15, 0.2) is 5.65 Å². The average Bonchev–Trinajstić information content (AvgIpc) is 3.52. The molecule has 192 valence electrons. The Morgan fingerprint density at radius 3 is 2.74 bits per heavy atom. The van der Waals surface area contributed by atoms with E-state index in [1.807, 2.05) is 44.2 Å². The summed E-state index contributed by atoms with van der Waals surface area (Å²) < 4.78 is 16.3. The number of thiophene rings is 1. The number of nitrogens with one attached hydrogen (secondary N) is 3. The highest BCUT2D eigenvalue weighted by Gasteiger charge is 2.45. The largest absolute Gasteiger partial charge is 0.369 e. The first-order valence-electron chi connectivity index (χ1n) is 12.8. The molecule has 0 amide bonds. The lowest BCUT2D eigenvalue weighted by molar-refractivity contribution is 0.508. The summed E-state index contributed by atoms with van der Waals surface area (Å²) in [5.74, 6) is 0.881. The Kier molecular flexibility index (Phi) is 5.83. The average molecular weight is 524 g/mol. The van der Waals surface area contributed by atoms with Gasteiger partial charge in [0.25, 0.3) is 0 Å². The molecule has 1 aliphatic heterocycles. The molecule has 4 heterocycles. The third-order valence-corrected chi connectivity index (χ3v) is 8.46. The SMILES string of the molecule is C=C/C(=C\C(=C/C)c1ccc2c(c1F)C(C)(c1nc3nccc(-c4ccc(C)s4)c3[nH]1)N2)NC(=C)C1CC1. The van der Waals surface area contributed by atoms with Crippen molar-refractivity contribution >= 4 is 33.8 Å². The number of allylic oxidation sites excluding steroid dienone is 5. The number of nitrogens with zero attached hydrogens (tertiary/aromatic N) is 2. The van der Waals surface area contributed by atoms with Crippen LogP contribution in [0.1, 0.15) is 48.5 Å². The second-order valence-corrected chi connectivity index (χ2v) is 11.4. The van der Waals surface area contributed by atoms with Crippen LogP contribution < -0.4 is 10.6 Å². The van der Waals surface area contributed by atoms with Gasteiger partial charge in [-0.05, 0) is 87.6 Å². The summed E-state index contributed by atoms with van der Waals surface area (Å²) in [6.45, 7) is 14.0. The lowest BCUT2D eigenvalue weighted by Crippen LogP contribution is -2.44. The molecule has 2 aliphatic rings. The van der Waals surface area contributed by atoms with Crippen LogP contribution in [-0.4, -0.2) is 15.0 Å². The number of benzene rings is 1. The van der Waals surface area contributed by atoms with Gasteiger partial charge in [-0.25, -0.2) is 14.4 Å². The van der Waals surface area contributed by atoms with Crippen molar-refractivity contribution in [1.29, 1.82) is 0 Å². The summed E-state index contributed by atoms with van der Waals surface area (Å²) >= 11 is 1.73. The predicted molar refractivity (Wildman–Crippen MR) is 155 cm³/mol. The summed E-state index contributed by atoms with van der Waals surface area (Å²) in [4.78, 5) is 15.1. The van der Waals surface area contributed by atoms with Crippen LogP contribution in [0.2, 0.25) is 0 Å². The lowest BCUT2D eigenvalue weighted by Gasteiger charge is -2.42. The smallest absolute Gasteiger partial charge is 0.178 e. The first-order valence-corrected chi connectivity index (χ1v) is 13.6. The fraction of sp³-hybridized carbons (Fsp3) is 0.226. The summed E-state index contributed by atoms with van der Waals surface area (Å²) in [5.41, 5.74) is 6.13. The quantitative estimate of drug-likeness (QED) is 0.206. The molecule has 0 bridgehead atoms. The first kappa shape index (κ1) is 24.4. The Balaban J connectivity index is 1.38. The van der Waals surface area contributed by atoms with E-state index in [0.717, 1.165) is 51.5 Å². The number of aromatic amines is 1. The van der Waals surface area contributed by atoms with E-state index < -0.39 is 5.54 Å². The molecule has 5 nitrogen and oxygen atoms in total. The van der Waals surface area contributed by atoms with Gasteiger partial charge in [-0.3, -0.25) is 0 Å². The summed E-state index contributed by atoms with van der Waals surface area (Å²) in [6, 6.07) is 9.96.